The molecule has 1 atom stereocenters. The van der Waals surface area contributed by atoms with Gasteiger partial charge in [-0.25, -0.2) is 0 Å². The van der Waals surface area contributed by atoms with Gasteiger partial charge in [0.2, 0.25) is 12.7 Å². The molecule has 2 aromatic carbocycles. The van der Waals surface area contributed by atoms with Gasteiger partial charge in [-0.05, 0) is 47.6 Å². The average Bonchev–Trinajstić information content (AvgIpc) is 3.28. The van der Waals surface area contributed by atoms with Crippen molar-refractivity contribution >= 4 is 11.8 Å². The number of hydrogen-bond acceptors (Lipinski definition) is 4. The van der Waals surface area contributed by atoms with E-state index in [1.165, 1.54) is 0 Å². The Hall–Kier alpha value is -3.02. The number of benzene rings is 2. The minimum Gasteiger partial charge on any atom is -0.454 e. The quantitative estimate of drug-likeness (QED) is 0.791. The SMILES string of the molecule is CC(C)(C)CCN1C(=O)c2ccccc2C1C(=O)NCCc1ccc2c(c1)OCO2. The summed E-state index contributed by atoms with van der Waals surface area (Å²) in [5, 5.41) is 3.02. The van der Waals surface area contributed by atoms with Gasteiger partial charge >= 0.3 is 0 Å². The molecule has 1 unspecified atom stereocenters. The Kier molecular flexibility index (Phi) is 5.41. The molecule has 0 aliphatic carbocycles. The van der Waals surface area contributed by atoms with Crippen molar-refractivity contribution in [1.82, 2.24) is 10.2 Å². The topological polar surface area (TPSA) is 67.9 Å². The maximum Gasteiger partial charge on any atom is 0.255 e. The van der Waals surface area contributed by atoms with Gasteiger partial charge in [-0.3, -0.25) is 9.59 Å². The van der Waals surface area contributed by atoms with E-state index in [2.05, 4.69) is 26.1 Å². The third-order valence-corrected chi connectivity index (χ3v) is 5.56. The minimum atomic E-state index is -0.576. The monoisotopic (exact) mass is 408 g/mol. The third-order valence-electron chi connectivity index (χ3n) is 5.56. The van der Waals surface area contributed by atoms with Gasteiger partial charge in [0.05, 0.1) is 0 Å². The van der Waals surface area contributed by atoms with E-state index in [-0.39, 0.29) is 24.0 Å². The molecule has 2 amide bonds. The third kappa shape index (κ3) is 4.13. The van der Waals surface area contributed by atoms with Gasteiger partial charge in [0.25, 0.3) is 5.91 Å². The summed E-state index contributed by atoms with van der Waals surface area (Å²) >= 11 is 0. The van der Waals surface area contributed by atoms with E-state index in [1.54, 1.807) is 4.90 Å². The maximum absolute atomic E-state index is 13.1. The Bertz CT molecular complexity index is 964. The highest BCUT2D eigenvalue weighted by atomic mass is 16.7. The van der Waals surface area contributed by atoms with Crippen LogP contribution in [0.15, 0.2) is 42.5 Å². The second-order valence-corrected chi connectivity index (χ2v) is 9.03. The highest BCUT2D eigenvalue weighted by molar-refractivity contribution is 6.04. The second kappa shape index (κ2) is 8.01. The highest BCUT2D eigenvalue weighted by Gasteiger charge is 2.40. The lowest BCUT2D eigenvalue weighted by Crippen LogP contribution is -2.41. The second-order valence-electron chi connectivity index (χ2n) is 9.03. The van der Waals surface area contributed by atoms with Gasteiger partial charge < -0.3 is 19.7 Å². The molecule has 4 rings (SSSR count). The van der Waals surface area contributed by atoms with Crippen LogP contribution in [0.3, 0.4) is 0 Å². The van der Waals surface area contributed by atoms with E-state index < -0.39 is 6.04 Å². The van der Waals surface area contributed by atoms with Gasteiger partial charge in [-0.2, -0.15) is 0 Å². The Morgan fingerprint density at radius 2 is 1.90 bits per heavy atom. The lowest BCUT2D eigenvalue weighted by atomic mass is 9.92. The minimum absolute atomic E-state index is 0.0641. The van der Waals surface area contributed by atoms with Gasteiger partial charge in [0.1, 0.15) is 6.04 Å². The molecule has 0 spiro atoms. The van der Waals surface area contributed by atoms with E-state index in [9.17, 15) is 9.59 Å². The average molecular weight is 408 g/mol. The Labute approximate surface area is 177 Å². The summed E-state index contributed by atoms with van der Waals surface area (Å²) in [5.74, 6) is 1.29. The Morgan fingerprint density at radius 1 is 1.13 bits per heavy atom. The zero-order chi connectivity index (χ0) is 21.3. The van der Waals surface area contributed by atoms with Crippen LogP contribution in [0, 0.1) is 5.41 Å². The molecule has 0 fully saturated rings. The van der Waals surface area contributed by atoms with Gasteiger partial charge in [-0.1, -0.05) is 45.0 Å². The first-order valence-electron chi connectivity index (χ1n) is 10.4. The Morgan fingerprint density at radius 3 is 2.70 bits per heavy atom. The predicted octanol–water partition coefficient (Wildman–Crippen LogP) is 3.71. The van der Waals surface area contributed by atoms with Crippen molar-refractivity contribution in [2.45, 2.75) is 39.7 Å². The van der Waals surface area contributed by atoms with E-state index >= 15 is 0 Å². The molecule has 6 nitrogen and oxygen atoms in total. The van der Waals surface area contributed by atoms with Gasteiger partial charge in [0.15, 0.2) is 11.5 Å². The molecule has 6 heteroatoms. The number of nitrogens with zero attached hydrogens (tertiary/aromatic N) is 1. The molecule has 0 bridgehead atoms. The fraction of sp³-hybridized carbons (Fsp3) is 0.417. The fourth-order valence-corrected chi connectivity index (χ4v) is 3.86. The fourth-order valence-electron chi connectivity index (χ4n) is 3.86. The van der Waals surface area contributed by atoms with Crippen LogP contribution in [0.5, 0.6) is 11.5 Å². The molecule has 0 saturated carbocycles. The van der Waals surface area contributed by atoms with Crippen molar-refractivity contribution in [2.24, 2.45) is 5.41 Å². The number of ether oxygens (including phenoxy) is 2. The van der Waals surface area contributed by atoms with E-state index in [0.29, 0.717) is 25.1 Å². The molecule has 0 saturated heterocycles. The molecule has 2 aliphatic rings. The summed E-state index contributed by atoms with van der Waals surface area (Å²) in [6.45, 7) is 7.70. The lowest BCUT2D eigenvalue weighted by Gasteiger charge is -2.28. The maximum atomic E-state index is 13.1. The number of carbonyl (C=O) groups is 2. The van der Waals surface area contributed by atoms with E-state index in [0.717, 1.165) is 29.0 Å². The summed E-state index contributed by atoms with van der Waals surface area (Å²) in [7, 11) is 0. The molecule has 30 heavy (non-hydrogen) atoms. The zero-order valence-electron chi connectivity index (χ0n) is 17.7. The van der Waals surface area contributed by atoms with Crippen LogP contribution in [-0.2, 0) is 11.2 Å². The van der Waals surface area contributed by atoms with Crippen molar-refractivity contribution in [2.75, 3.05) is 19.9 Å². The number of carbonyl (C=O) groups excluding carboxylic acids is 2. The summed E-state index contributed by atoms with van der Waals surface area (Å²) in [6.07, 6.45) is 1.50. The summed E-state index contributed by atoms with van der Waals surface area (Å²) < 4.78 is 10.7. The van der Waals surface area contributed by atoms with Crippen LogP contribution in [0.4, 0.5) is 0 Å². The molecule has 158 valence electrons. The molecule has 2 aliphatic heterocycles. The number of amides is 2. The van der Waals surface area contributed by atoms with Crippen molar-refractivity contribution in [3.05, 3.63) is 59.2 Å². The first kappa shape index (κ1) is 20.3. The summed E-state index contributed by atoms with van der Waals surface area (Å²) in [6, 6.07) is 12.6. The highest BCUT2D eigenvalue weighted by Crippen LogP contribution is 2.35. The first-order chi connectivity index (χ1) is 14.3. The molecular weight excluding hydrogens is 380 g/mol. The van der Waals surface area contributed by atoms with E-state index in [4.69, 9.17) is 9.47 Å². The van der Waals surface area contributed by atoms with Crippen LogP contribution >= 0.6 is 0 Å². The van der Waals surface area contributed by atoms with E-state index in [1.807, 2.05) is 42.5 Å². The van der Waals surface area contributed by atoms with Crippen molar-refractivity contribution < 1.29 is 19.1 Å². The van der Waals surface area contributed by atoms with Crippen LogP contribution in [-0.4, -0.2) is 36.6 Å². The summed E-state index contributed by atoms with van der Waals surface area (Å²) in [5.41, 5.74) is 2.56. The van der Waals surface area contributed by atoms with Gasteiger partial charge in [-0.15, -0.1) is 0 Å². The zero-order valence-corrected chi connectivity index (χ0v) is 17.7. The number of fused-ring (bicyclic) bond motifs is 2. The summed E-state index contributed by atoms with van der Waals surface area (Å²) in [4.78, 5) is 27.8. The largest absolute Gasteiger partial charge is 0.454 e. The van der Waals surface area contributed by atoms with Crippen molar-refractivity contribution in [3.8, 4) is 11.5 Å². The smallest absolute Gasteiger partial charge is 0.255 e. The van der Waals surface area contributed by atoms with Gasteiger partial charge in [0, 0.05) is 18.7 Å². The molecular formula is C24H28N2O4. The van der Waals surface area contributed by atoms with Crippen molar-refractivity contribution in [3.63, 3.8) is 0 Å². The van der Waals surface area contributed by atoms with Crippen LogP contribution in [0.25, 0.3) is 0 Å². The molecule has 2 heterocycles. The molecule has 0 aromatic heterocycles. The predicted molar refractivity (Wildman–Crippen MR) is 114 cm³/mol. The first-order valence-corrected chi connectivity index (χ1v) is 10.4. The standard InChI is InChI=1S/C24H28N2O4/c1-24(2,3)11-13-26-21(17-6-4-5-7-18(17)23(26)28)22(27)25-12-10-16-8-9-19-20(14-16)30-15-29-19/h4-9,14,21H,10-13,15H2,1-3H3,(H,25,27). The van der Waals surface area contributed by atoms with Crippen LogP contribution in [0.2, 0.25) is 0 Å². The molecule has 0 radical (unpaired) electrons. The number of rotatable bonds is 6. The number of nitrogens with one attached hydrogen (secondary N) is 1. The Balaban J connectivity index is 1.44. The van der Waals surface area contributed by atoms with Crippen molar-refractivity contribution in [1.29, 1.82) is 0 Å². The van der Waals surface area contributed by atoms with Crippen LogP contribution in [0.1, 0.15) is 54.7 Å². The van der Waals surface area contributed by atoms with Crippen LogP contribution < -0.4 is 14.8 Å². The molecule has 1 N–H and O–H groups in total. The number of hydrogen-bond donors (Lipinski definition) is 1. The molecule has 2 aromatic rings. The normalized spacial score (nSPS) is 17.2. The lowest BCUT2D eigenvalue weighted by molar-refractivity contribution is -0.125.